The van der Waals surface area contributed by atoms with E-state index in [1.165, 1.54) is 13.2 Å². The van der Waals surface area contributed by atoms with Crippen LogP contribution in [0.4, 0.5) is 9.59 Å². The highest BCUT2D eigenvalue weighted by atomic mass is 16.7. The standard InChI is InChI=1S/C59H82N2O26/c1-12-44(62)76-32-56(33-77-45(63)13-2,34-78-46(64)14-3)28-74-30-58(37-81-49(67)17-6,38-82-50(68)18-7)42-86-54(71)60-26-24-22-23-25-27-61-55(72)87-43-59(39-83-51(69)19-8,40-84-52(70)20-9)31-75-29-57(35-79-47(65)15-4,36-80-48(66)16-5)41-85-53(21-10)73-11/h12-21,49,53,67H,1-10,22-43H2,11H3,(H,60,71)(H,61,72). The molecular formula is C59H82N2O26. The summed E-state index contributed by atoms with van der Waals surface area (Å²) in [6.07, 6.45) is 6.89. The van der Waals surface area contributed by atoms with E-state index >= 15 is 0 Å². The predicted octanol–water partition coefficient (Wildman–Crippen LogP) is 3.51. The highest BCUT2D eigenvalue weighted by Gasteiger charge is 2.42. The molecule has 0 aliphatic carbocycles. The largest absolute Gasteiger partial charge is 0.462 e. The summed E-state index contributed by atoms with van der Waals surface area (Å²) in [5.41, 5.74) is -6.28. The van der Waals surface area contributed by atoms with Crippen LogP contribution in [0.3, 0.4) is 0 Å². The van der Waals surface area contributed by atoms with Crippen LogP contribution in [0.1, 0.15) is 25.7 Å². The number of unbranched alkanes of at least 4 members (excludes halogenated alkanes) is 3. The highest BCUT2D eigenvalue weighted by molar-refractivity contribution is 5.84. The van der Waals surface area contributed by atoms with Crippen molar-refractivity contribution in [1.82, 2.24) is 10.6 Å². The van der Waals surface area contributed by atoms with Gasteiger partial charge in [0.1, 0.15) is 66.1 Å². The number of alkyl carbamates (subject to hydrolysis) is 2. The third kappa shape index (κ3) is 34.9. The summed E-state index contributed by atoms with van der Waals surface area (Å²) >= 11 is 0. The van der Waals surface area contributed by atoms with Gasteiger partial charge in [0.05, 0.1) is 61.3 Å². The molecule has 0 aliphatic rings. The average Bonchev–Trinajstić information content (AvgIpc) is 3.67. The summed E-state index contributed by atoms with van der Waals surface area (Å²) in [5, 5.41) is 15.4. The topological polar surface area (TPSA) is 353 Å². The molecule has 484 valence electrons. The van der Waals surface area contributed by atoms with Gasteiger partial charge in [-0.3, -0.25) is 0 Å². The molecule has 0 aromatic heterocycles. The number of carbonyl (C=O) groups is 10. The molecule has 28 heteroatoms. The maximum atomic E-state index is 13.1. The Hall–Kier alpha value is -8.54. The second-order valence-electron chi connectivity index (χ2n) is 19.0. The van der Waals surface area contributed by atoms with Crippen LogP contribution in [-0.4, -0.2) is 204 Å². The molecule has 0 aromatic carbocycles. The van der Waals surface area contributed by atoms with Crippen LogP contribution in [0.15, 0.2) is 127 Å². The fourth-order valence-electron chi connectivity index (χ4n) is 6.58. The van der Waals surface area contributed by atoms with Crippen molar-refractivity contribution in [2.75, 3.05) is 126 Å². The number of aliphatic hydroxyl groups excluding tert-OH is 1. The van der Waals surface area contributed by atoms with Crippen LogP contribution in [0.5, 0.6) is 0 Å². The minimum atomic E-state index is -1.62. The Morgan fingerprint density at radius 1 is 0.345 bits per heavy atom. The molecule has 3 unspecified atom stereocenters. The average molecular weight is 1240 g/mol. The summed E-state index contributed by atoms with van der Waals surface area (Å²) in [6.45, 7) is 26.1. The van der Waals surface area contributed by atoms with E-state index in [-0.39, 0.29) is 19.7 Å². The van der Waals surface area contributed by atoms with Crippen LogP contribution in [0, 0.1) is 21.7 Å². The van der Waals surface area contributed by atoms with Crippen LogP contribution in [-0.2, 0) is 109 Å². The number of aliphatic hydroxyl groups is 1. The Kier molecular flexibility index (Phi) is 40.5. The van der Waals surface area contributed by atoms with E-state index in [0.717, 1.165) is 54.7 Å². The van der Waals surface area contributed by atoms with E-state index < -0.39 is 193 Å². The van der Waals surface area contributed by atoms with Crippen molar-refractivity contribution >= 4 is 59.9 Å². The second kappa shape index (κ2) is 44.9. The summed E-state index contributed by atoms with van der Waals surface area (Å²) in [6, 6.07) is 0. The number of hydrogen-bond acceptors (Lipinski definition) is 26. The quantitative estimate of drug-likeness (QED) is 0.0196. The molecule has 0 heterocycles. The number of carbonyl (C=O) groups excluding carboxylic acids is 10. The van der Waals surface area contributed by atoms with E-state index in [2.05, 4.69) is 76.4 Å². The van der Waals surface area contributed by atoms with Crippen molar-refractivity contribution < 1.29 is 124 Å². The number of nitrogens with one attached hydrogen (secondary N) is 2. The molecule has 3 N–H and O–H groups in total. The minimum absolute atomic E-state index is 0.0985. The summed E-state index contributed by atoms with van der Waals surface area (Å²) in [5.74, 6) is -7.00. The van der Waals surface area contributed by atoms with Gasteiger partial charge in [-0.15, -0.1) is 0 Å². The van der Waals surface area contributed by atoms with E-state index in [1.807, 2.05) is 0 Å². The van der Waals surface area contributed by atoms with Crippen molar-refractivity contribution in [2.24, 2.45) is 21.7 Å². The van der Waals surface area contributed by atoms with E-state index in [9.17, 15) is 53.1 Å². The Labute approximate surface area is 505 Å². The molecule has 3 atom stereocenters. The summed E-state index contributed by atoms with van der Waals surface area (Å²) < 4.78 is 82.2. The molecule has 0 saturated carbocycles. The highest BCUT2D eigenvalue weighted by Crippen LogP contribution is 2.29. The molecule has 0 fully saturated rings. The van der Waals surface area contributed by atoms with Gasteiger partial charge >= 0.3 is 59.9 Å². The number of hydrogen-bond donors (Lipinski definition) is 3. The third-order valence-corrected chi connectivity index (χ3v) is 11.5. The van der Waals surface area contributed by atoms with Crippen LogP contribution < -0.4 is 10.6 Å². The van der Waals surface area contributed by atoms with Crippen LogP contribution >= 0.6 is 0 Å². The zero-order chi connectivity index (χ0) is 65.6. The predicted molar refractivity (Wildman–Crippen MR) is 307 cm³/mol. The summed E-state index contributed by atoms with van der Waals surface area (Å²) in [7, 11) is 1.34. The number of rotatable bonds is 52. The van der Waals surface area contributed by atoms with E-state index in [0.29, 0.717) is 25.7 Å². The number of amides is 2. The Balaban J connectivity index is 6.16. The van der Waals surface area contributed by atoms with Crippen molar-refractivity contribution in [1.29, 1.82) is 0 Å². The maximum absolute atomic E-state index is 13.1. The van der Waals surface area contributed by atoms with Gasteiger partial charge < -0.3 is 86.8 Å². The molecule has 0 saturated heterocycles. The first-order chi connectivity index (χ1) is 41.5. The van der Waals surface area contributed by atoms with Crippen molar-refractivity contribution in [3.63, 3.8) is 0 Å². The maximum Gasteiger partial charge on any atom is 0.407 e. The van der Waals surface area contributed by atoms with Gasteiger partial charge in [0.2, 0.25) is 0 Å². The lowest BCUT2D eigenvalue weighted by Gasteiger charge is -2.36. The van der Waals surface area contributed by atoms with Crippen LogP contribution in [0.2, 0.25) is 0 Å². The number of ether oxygens (including phenoxy) is 15. The minimum Gasteiger partial charge on any atom is -0.462 e. The molecule has 28 nitrogen and oxygen atoms in total. The first-order valence-electron chi connectivity index (χ1n) is 26.5. The van der Waals surface area contributed by atoms with Gasteiger partial charge in [0, 0.05) is 68.8 Å². The van der Waals surface area contributed by atoms with Crippen molar-refractivity contribution in [3.05, 3.63) is 127 Å². The van der Waals surface area contributed by atoms with E-state index in [4.69, 9.17) is 71.1 Å². The fraction of sp³-hybridized carbons (Fsp3) is 0.492. The molecule has 0 spiro atoms. The van der Waals surface area contributed by atoms with Gasteiger partial charge in [0.25, 0.3) is 0 Å². The SMILES string of the molecule is C=CC(=O)OCC(COCC(COC(=O)C=C)(COC(=O)NCCCCCCNC(=O)OCC(COCC(COC(=O)C=C)(COC(=O)C=C)COC(C=C)OC)(COC(=O)C=C)COC(=O)C=C)COC(O)C=C)(COC(=O)C=C)COC(=O)C=C. The number of esters is 8. The lowest BCUT2D eigenvalue weighted by molar-refractivity contribution is -0.178. The first kappa shape index (κ1) is 78.5. The van der Waals surface area contributed by atoms with Gasteiger partial charge in [0.15, 0.2) is 12.6 Å². The smallest absolute Gasteiger partial charge is 0.407 e. The summed E-state index contributed by atoms with van der Waals surface area (Å²) in [4.78, 5) is 124. The zero-order valence-electron chi connectivity index (χ0n) is 49.2. The Morgan fingerprint density at radius 3 is 0.816 bits per heavy atom. The molecule has 0 aromatic rings. The molecular weight excluding hydrogens is 1150 g/mol. The monoisotopic (exact) mass is 1230 g/mol. The molecule has 0 bridgehead atoms. The molecule has 2 amide bonds. The zero-order valence-corrected chi connectivity index (χ0v) is 49.2. The molecule has 87 heavy (non-hydrogen) atoms. The Bertz CT molecular complexity index is 2240. The lowest BCUT2D eigenvalue weighted by Crippen LogP contribution is -2.47. The lowest BCUT2D eigenvalue weighted by atomic mass is 9.90. The van der Waals surface area contributed by atoms with E-state index in [1.54, 1.807) is 0 Å². The molecule has 0 radical (unpaired) electrons. The van der Waals surface area contributed by atoms with Crippen molar-refractivity contribution in [2.45, 2.75) is 38.3 Å². The third-order valence-electron chi connectivity index (χ3n) is 11.5. The fourth-order valence-corrected chi connectivity index (χ4v) is 6.58. The molecule has 0 aliphatic heterocycles. The van der Waals surface area contributed by atoms with Gasteiger partial charge in [-0.2, -0.15) is 0 Å². The second-order valence-corrected chi connectivity index (χ2v) is 19.0. The number of methoxy groups -OCH3 is 1. The molecule has 0 rings (SSSR count). The van der Waals surface area contributed by atoms with Gasteiger partial charge in [-0.1, -0.05) is 78.6 Å². The normalized spacial score (nSPS) is 12.3. The van der Waals surface area contributed by atoms with Crippen LogP contribution in [0.25, 0.3) is 0 Å². The van der Waals surface area contributed by atoms with Gasteiger partial charge in [-0.05, 0) is 25.0 Å². The first-order valence-corrected chi connectivity index (χ1v) is 26.5. The van der Waals surface area contributed by atoms with Crippen molar-refractivity contribution in [3.8, 4) is 0 Å². The Morgan fingerprint density at radius 2 is 0.586 bits per heavy atom. The van der Waals surface area contributed by atoms with Gasteiger partial charge in [-0.25, -0.2) is 47.9 Å².